The highest BCUT2D eigenvalue weighted by Crippen LogP contribution is 2.57. The van der Waals surface area contributed by atoms with Crippen LogP contribution in [0.15, 0.2) is 24.3 Å². The highest BCUT2D eigenvalue weighted by Gasteiger charge is 2.50. The van der Waals surface area contributed by atoms with E-state index in [1.54, 1.807) is 7.11 Å². The molecule has 0 heterocycles. The van der Waals surface area contributed by atoms with Crippen molar-refractivity contribution in [3.05, 3.63) is 24.3 Å². The first-order valence-corrected chi connectivity index (χ1v) is 7.63. The van der Waals surface area contributed by atoms with Gasteiger partial charge in [0.15, 0.2) is 0 Å². The first-order valence-electron chi connectivity index (χ1n) is 7.63. The zero-order valence-corrected chi connectivity index (χ0v) is 12.2. The SMILES string of the molecule is COc1ccc(OCCC2(CO)CC3CCC2C3)cc1. The Labute approximate surface area is 120 Å². The Morgan fingerprint density at radius 3 is 2.50 bits per heavy atom. The van der Waals surface area contributed by atoms with Crippen molar-refractivity contribution in [3.63, 3.8) is 0 Å². The van der Waals surface area contributed by atoms with Crippen LogP contribution in [0, 0.1) is 17.3 Å². The van der Waals surface area contributed by atoms with Gasteiger partial charge in [-0.3, -0.25) is 0 Å². The maximum atomic E-state index is 9.83. The molecule has 110 valence electrons. The molecule has 2 aliphatic rings. The number of ether oxygens (including phenoxy) is 2. The quantitative estimate of drug-likeness (QED) is 0.866. The Hall–Kier alpha value is -1.22. The van der Waals surface area contributed by atoms with Crippen molar-refractivity contribution in [2.45, 2.75) is 32.1 Å². The molecule has 0 spiro atoms. The maximum absolute atomic E-state index is 9.83. The van der Waals surface area contributed by atoms with Gasteiger partial charge in [-0.25, -0.2) is 0 Å². The number of aliphatic hydroxyl groups excluding tert-OH is 1. The maximum Gasteiger partial charge on any atom is 0.119 e. The first-order chi connectivity index (χ1) is 9.75. The number of hydrogen-bond acceptors (Lipinski definition) is 3. The summed E-state index contributed by atoms with van der Waals surface area (Å²) in [6, 6.07) is 7.69. The summed E-state index contributed by atoms with van der Waals surface area (Å²) < 4.78 is 11.0. The third-order valence-corrected chi connectivity index (χ3v) is 5.35. The Bertz CT molecular complexity index is 442. The molecule has 3 unspecified atom stereocenters. The number of rotatable bonds is 6. The van der Waals surface area contributed by atoms with E-state index in [2.05, 4.69) is 0 Å². The molecule has 3 heteroatoms. The minimum atomic E-state index is 0.134. The van der Waals surface area contributed by atoms with Gasteiger partial charge in [0.05, 0.1) is 13.7 Å². The molecule has 3 atom stereocenters. The van der Waals surface area contributed by atoms with Crippen molar-refractivity contribution >= 4 is 0 Å². The fourth-order valence-corrected chi connectivity index (χ4v) is 4.18. The fraction of sp³-hybridized carbons (Fsp3) is 0.647. The number of benzene rings is 1. The lowest BCUT2D eigenvalue weighted by Gasteiger charge is -2.36. The lowest BCUT2D eigenvalue weighted by atomic mass is 9.71. The fourth-order valence-electron chi connectivity index (χ4n) is 4.18. The molecule has 0 saturated heterocycles. The van der Waals surface area contributed by atoms with Crippen LogP contribution in [0.4, 0.5) is 0 Å². The monoisotopic (exact) mass is 276 g/mol. The van der Waals surface area contributed by atoms with Gasteiger partial charge in [0.1, 0.15) is 11.5 Å². The van der Waals surface area contributed by atoms with Crippen molar-refractivity contribution in [2.24, 2.45) is 17.3 Å². The molecular formula is C17H24O3. The normalized spacial score (nSPS) is 31.5. The van der Waals surface area contributed by atoms with Gasteiger partial charge < -0.3 is 14.6 Å². The zero-order chi connectivity index (χ0) is 14.0. The van der Waals surface area contributed by atoms with Gasteiger partial charge in [-0.05, 0) is 67.2 Å². The third-order valence-electron chi connectivity index (χ3n) is 5.35. The van der Waals surface area contributed by atoms with E-state index in [9.17, 15) is 5.11 Å². The van der Waals surface area contributed by atoms with Crippen LogP contribution in [0.3, 0.4) is 0 Å². The third kappa shape index (κ3) is 2.51. The summed E-state index contributed by atoms with van der Waals surface area (Å²) in [5, 5.41) is 9.83. The summed E-state index contributed by atoms with van der Waals surface area (Å²) in [4.78, 5) is 0. The van der Waals surface area contributed by atoms with E-state index >= 15 is 0 Å². The van der Waals surface area contributed by atoms with Gasteiger partial charge >= 0.3 is 0 Å². The van der Waals surface area contributed by atoms with Crippen molar-refractivity contribution in [1.82, 2.24) is 0 Å². The van der Waals surface area contributed by atoms with Crippen LogP contribution in [0.25, 0.3) is 0 Å². The van der Waals surface area contributed by atoms with E-state index in [-0.39, 0.29) is 5.41 Å². The predicted molar refractivity (Wildman–Crippen MR) is 78.1 cm³/mol. The van der Waals surface area contributed by atoms with Crippen LogP contribution < -0.4 is 9.47 Å². The standard InChI is InChI=1S/C17H24O3/c1-19-15-4-6-16(7-5-15)20-9-8-17(12-18)11-13-2-3-14(17)10-13/h4-7,13-14,18H,2-3,8-12H2,1H3. The van der Waals surface area contributed by atoms with Gasteiger partial charge in [-0.2, -0.15) is 0 Å². The Kier molecular flexibility index (Phi) is 3.88. The summed E-state index contributed by atoms with van der Waals surface area (Å²) >= 11 is 0. The van der Waals surface area contributed by atoms with E-state index in [0.717, 1.165) is 29.8 Å². The second kappa shape index (κ2) is 5.65. The molecular weight excluding hydrogens is 252 g/mol. The molecule has 0 radical (unpaired) electrons. The molecule has 0 amide bonds. The molecule has 3 nitrogen and oxygen atoms in total. The van der Waals surface area contributed by atoms with Crippen molar-refractivity contribution < 1.29 is 14.6 Å². The molecule has 2 aliphatic carbocycles. The number of fused-ring (bicyclic) bond motifs is 2. The molecule has 0 aromatic heterocycles. The molecule has 1 N–H and O–H groups in total. The number of hydrogen-bond donors (Lipinski definition) is 1. The van der Waals surface area contributed by atoms with Gasteiger partial charge in [0, 0.05) is 6.61 Å². The summed E-state index contributed by atoms with van der Waals surface area (Å²) in [5.74, 6) is 3.30. The lowest BCUT2D eigenvalue weighted by molar-refractivity contribution is 0.0425. The van der Waals surface area contributed by atoms with Gasteiger partial charge in [0.2, 0.25) is 0 Å². The van der Waals surface area contributed by atoms with Crippen molar-refractivity contribution in [3.8, 4) is 11.5 Å². The summed E-state index contributed by atoms with van der Waals surface area (Å²) in [6.45, 7) is 1.01. The van der Waals surface area contributed by atoms with Gasteiger partial charge in [0.25, 0.3) is 0 Å². The minimum absolute atomic E-state index is 0.134. The van der Waals surface area contributed by atoms with E-state index in [0.29, 0.717) is 13.2 Å². The highest BCUT2D eigenvalue weighted by molar-refractivity contribution is 5.31. The lowest BCUT2D eigenvalue weighted by Crippen LogP contribution is -2.33. The van der Waals surface area contributed by atoms with Crippen LogP contribution in [-0.4, -0.2) is 25.4 Å². The van der Waals surface area contributed by atoms with Crippen LogP contribution in [0.1, 0.15) is 32.1 Å². The average Bonchev–Trinajstić information content (AvgIpc) is 3.09. The molecule has 2 fully saturated rings. The Balaban J connectivity index is 1.53. The second-order valence-electron chi connectivity index (χ2n) is 6.37. The van der Waals surface area contributed by atoms with Crippen molar-refractivity contribution in [1.29, 1.82) is 0 Å². The van der Waals surface area contributed by atoms with E-state index in [1.807, 2.05) is 24.3 Å². The average molecular weight is 276 g/mol. The minimum Gasteiger partial charge on any atom is -0.497 e. The van der Waals surface area contributed by atoms with Crippen LogP contribution >= 0.6 is 0 Å². The van der Waals surface area contributed by atoms with Crippen LogP contribution in [0.2, 0.25) is 0 Å². The molecule has 20 heavy (non-hydrogen) atoms. The molecule has 0 aliphatic heterocycles. The topological polar surface area (TPSA) is 38.7 Å². The molecule has 1 aromatic rings. The molecule has 1 aromatic carbocycles. The summed E-state index contributed by atoms with van der Waals surface area (Å²) in [5.41, 5.74) is 0.134. The van der Waals surface area contributed by atoms with E-state index < -0.39 is 0 Å². The Morgan fingerprint density at radius 1 is 1.20 bits per heavy atom. The van der Waals surface area contributed by atoms with E-state index in [1.165, 1.54) is 25.7 Å². The highest BCUT2D eigenvalue weighted by atomic mass is 16.5. The molecule has 3 rings (SSSR count). The summed E-state index contributed by atoms with van der Waals surface area (Å²) in [7, 11) is 1.66. The second-order valence-corrected chi connectivity index (χ2v) is 6.37. The number of aliphatic hydroxyl groups is 1. The molecule has 2 bridgehead atoms. The largest absolute Gasteiger partial charge is 0.497 e. The van der Waals surface area contributed by atoms with E-state index in [4.69, 9.17) is 9.47 Å². The Morgan fingerprint density at radius 2 is 1.95 bits per heavy atom. The van der Waals surface area contributed by atoms with Crippen molar-refractivity contribution in [2.75, 3.05) is 20.3 Å². The van der Waals surface area contributed by atoms with Gasteiger partial charge in [-0.1, -0.05) is 6.42 Å². The smallest absolute Gasteiger partial charge is 0.119 e. The van der Waals surface area contributed by atoms with Crippen LogP contribution in [0.5, 0.6) is 11.5 Å². The van der Waals surface area contributed by atoms with Crippen LogP contribution in [-0.2, 0) is 0 Å². The number of methoxy groups -OCH3 is 1. The first kappa shape index (κ1) is 13.7. The van der Waals surface area contributed by atoms with Gasteiger partial charge in [-0.15, -0.1) is 0 Å². The predicted octanol–water partition coefficient (Wildman–Crippen LogP) is 3.26. The summed E-state index contributed by atoms with van der Waals surface area (Å²) in [6.07, 6.45) is 6.15. The molecule has 2 saturated carbocycles. The zero-order valence-electron chi connectivity index (χ0n) is 12.2.